The molecule has 1 aromatic heterocycles. The summed E-state index contributed by atoms with van der Waals surface area (Å²) in [4.78, 5) is 4.17. The van der Waals surface area contributed by atoms with E-state index in [1.54, 1.807) is 7.11 Å². The number of imidazole rings is 1. The monoisotopic (exact) mass is 275 g/mol. The van der Waals surface area contributed by atoms with Crippen LogP contribution in [0.5, 0.6) is 11.5 Å². The summed E-state index contributed by atoms with van der Waals surface area (Å²) in [5.74, 6) is 1.51. The van der Waals surface area contributed by atoms with E-state index in [9.17, 15) is 0 Å². The van der Waals surface area contributed by atoms with Crippen LogP contribution in [0.2, 0.25) is 0 Å². The molecule has 0 spiro atoms. The quantitative estimate of drug-likeness (QED) is 0.880. The van der Waals surface area contributed by atoms with Gasteiger partial charge in [-0.1, -0.05) is 6.07 Å². The minimum Gasteiger partial charge on any atom is -0.497 e. The van der Waals surface area contributed by atoms with Crippen LogP contribution in [0.4, 0.5) is 0 Å². The zero-order valence-electron chi connectivity index (χ0n) is 12.2. The highest BCUT2D eigenvalue weighted by Gasteiger charge is 2.09. The Hall–Kier alpha value is -2.01. The van der Waals surface area contributed by atoms with Gasteiger partial charge in [0.2, 0.25) is 0 Å². The van der Waals surface area contributed by atoms with Gasteiger partial charge in [0.25, 0.3) is 0 Å². The number of nitrogens with zero attached hydrogens (tertiary/aromatic N) is 2. The Morgan fingerprint density at radius 3 is 2.80 bits per heavy atom. The van der Waals surface area contributed by atoms with E-state index in [1.807, 2.05) is 30.7 Å². The third kappa shape index (κ3) is 3.11. The van der Waals surface area contributed by atoms with Gasteiger partial charge in [-0.2, -0.15) is 0 Å². The molecule has 0 aliphatic rings. The molecule has 1 heterocycles. The van der Waals surface area contributed by atoms with Crippen LogP contribution in [0.3, 0.4) is 0 Å². The molecule has 2 N–H and O–H groups in total. The number of ether oxygens (including phenoxy) is 2. The van der Waals surface area contributed by atoms with Crippen molar-refractivity contribution < 1.29 is 9.47 Å². The lowest BCUT2D eigenvalue weighted by molar-refractivity contribution is 0.287. The Balaban J connectivity index is 2.15. The van der Waals surface area contributed by atoms with Crippen LogP contribution in [0.1, 0.15) is 31.1 Å². The van der Waals surface area contributed by atoms with Crippen molar-refractivity contribution in [3.8, 4) is 11.5 Å². The zero-order valence-corrected chi connectivity index (χ0v) is 12.2. The summed E-state index contributed by atoms with van der Waals surface area (Å²) in [6.45, 7) is 5.12. The number of nitrogens with two attached hydrogens (primary N) is 1. The summed E-state index contributed by atoms with van der Waals surface area (Å²) >= 11 is 0. The molecule has 5 nitrogen and oxygen atoms in total. The first-order valence-corrected chi connectivity index (χ1v) is 6.66. The van der Waals surface area contributed by atoms with Crippen LogP contribution < -0.4 is 15.2 Å². The van der Waals surface area contributed by atoms with Crippen LogP contribution >= 0.6 is 0 Å². The van der Waals surface area contributed by atoms with Gasteiger partial charge in [-0.05, 0) is 19.9 Å². The molecule has 0 unspecified atom stereocenters. The highest BCUT2D eigenvalue weighted by Crippen LogP contribution is 2.25. The number of hydrogen-bond donors (Lipinski definition) is 1. The number of rotatable bonds is 6. The van der Waals surface area contributed by atoms with E-state index >= 15 is 0 Å². The Morgan fingerprint density at radius 2 is 2.15 bits per heavy atom. The molecule has 0 aliphatic carbocycles. The average Bonchev–Trinajstić information content (AvgIpc) is 2.93. The maximum absolute atomic E-state index is 5.88. The molecule has 0 aliphatic heterocycles. The topological polar surface area (TPSA) is 62.3 Å². The number of benzene rings is 1. The largest absolute Gasteiger partial charge is 0.497 e. The van der Waals surface area contributed by atoms with Crippen molar-refractivity contribution >= 4 is 0 Å². The smallest absolute Gasteiger partial charge is 0.130 e. The molecule has 2 rings (SSSR count). The van der Waals surface area contributed by atoms with Gasteiger partial charge in [-0.3, -0.25) is 0 Å². The first-order valence-electron chi connectivity index (χ1n) is 6.66. The molecule has 1 aromatic carbocycles. The van der Waals surface area contributed by atoms with E-state index in [1.165, 1.54) is 0 Å². The molecule has 5 heteroatoms. The fraction of sp³-hybridized carbons (Fsp3) is 0.400. The van der Waals surface area contributed by atoms with Gasteiger partial charge in [0, 0.05) is 24.2 Å². The Kier molecular flexibility index (Phi) is 4.63. The SMILES string of the molecule is COc1ccc(CN)c(OCc2cncn2C(C)C)c1. The summed E-state index contributed by atoms with van der Waals surface area (Å²) in [6, 6.07) is 6.02. The summed E-state index contributed by atoms with van der Waals surface area (Å²) in [6.07, 6.45) is 3.64. The second-order valence-corrected chi connectivity index (χ2v) is 4.85. The predicted octanol–water partition coefficient (Wildman–Crippen LogP) is 2.51. The maximum Gasteiger partial charge on any atom is 0.130 e. The normalized spacial score (nSPS) is 10.8. The van der Waals surface area contributed by atoms with Crippen molar-refractivity contribution in [3.63, 3.8) is 0 Å². The first-order chi connectivity index (χ1) is 9.65. The third-order valence-electron chi connectivity index (χ3n) is 3.17. The molecule has 0 saturated carbocycles. The van der Waals surface area contributed by atoms with Gasteiger partial charge >= 0.3 is 0 Å². The molecule has 0 amide bonds. The van der Waals surface area contributed by atoms with Crippen molar-refractivity contribution in [2.75, 3.05) is 7.11 Å². The van der Waals surface area contributed by atoms with Crippen LogP contribution in [0, 0.1) is 0 Å². The lowest BCUT2D eigenvalue weighted by atomic mass is 10.2. The molecule has 0 atom stereocenters. The Labute approximate surface area is 119 Å². The van der Waals surface area contributed by atoms with Crippen LogP contribution in [-0.4, -0.2) is 16.7 Å². The molecule has 0 saturated heterocycles. The summed E-state index contributed by atoms with van der Waals surface area (Å²) < 4.78 is 13.2. The summed E-state index contributed by atoms with van der Waals surface area (Å²) in [5, 5.41) is 0. The summed E-state index contributed by atoms with van der Waals surface area (Å²) in [5.41, 5.74) is 7.72. The van der Waals surface area contributed by atoms with E-state index in [-0.39, 0.29) is 0 Å². The molecule has 108 valence electrons. The predicted molar refractivity (Wildman–Crippen MR) is 77.8 cm³/mol. The fourth-order valence-electron chi connectivity index (χ4n) is 2.03. The Bertz CT molecular complexity index is 564. The van der Waals surface area contributed by atoms with Crippen molar-refractivity contribution in [1.82, 2.24) is 9.55 Å². The third-order valence-corrected chi connectivity index (χ3v) is 3.17. The Morgan fingerprint density at radius 1 is 1.35 bits per heavy atom. The second kappa shape index (κ2) is 6.43. The highest BCUT2D eigenvalue weighted by atomic mass is 16.5. The van der Waals surface area contributed by atoms with Crippen molar-refractivity contribution in [2.45, 2.75) is 33.0 Å². The standard InChI is InChI=1S/C15H21N3O2/c1-11(2)18-10-17-8-13(18)9-20-15-6-14(19-3)5-4-12(15)7-16/h4-6,8,10-11H,7,9,16H2,1-3H3. The van der Waals surface area contributed by atoms with Gasteiger partial charge in [0.05, 0.1) is 25.3 Å². The van der Waals surface area contributed by atoms with Crippen LogP contribution in [0.15, 0.2) is 30.7 Å². The molecule has 0 radical (unpaired) electrons. The van der Waals surface area contributed by atoms with E-state index in [2.05, 4.69) is 23.4 Å². The molecule has 0 bridgehead atoms. The fourth-order valence-corrected chi connectivity index (χ4v) is 2.03. The number of hydrogen-bond acceptors (Lipinski definition) is 4. The van der Waals surface area contributed by atoms with Crippen molar-refractivity contribution in [2.24, 2.45) is 5.73 Å². The molecular formula is C15H21N3O2. The average molecular weight is 275 g/mol. The van der Waals surface area contributed by atoms with E-state index < -0.39 is 0 Å². The van der Waals surface area contributed by atoms with Gasteiger partial charge in [0.15, 0.2) is 0 Å². The molecular weight excluding hydrogens is 254 g/mol. The van der Waals surface area contributed by atoms with E-state index in [0.29, 0.717) is 19.2 Å². The highest BCUT2D eigenvalue weighted by molar-refractivity contribution is 5.40. The van der Waals surface area contributed by atoms with Gasteiger partial charge in [-0.25, -0.2) is 4.98 Å². The van der Waals surface area contributed by atoms with Crippen LogP contribution in [0.25, 0.3) is 0 Å². The lowest BCUT2D eigenvalue weighted by Crippen LogP contribution is -2.08. The summed E-state index contributed by atoms with van der Waals surface area (Å²) in [7, 11) is 1.63. The second-order valence-electron chi connectivity index (χ2n) is 4.85. The van der Waals surface area contributed by atoms with Gasteiger partial charge < -0.3 is 19.8 Å². The zero-order chi connectivity index (χ0) is 14.5. The van der Waals surface area contributed by atoms with Crippen LogP contribution in [-0.2, 0) is 13.2 Å². The first kappa shape index (κ1) is 14.4. The number of methoxy groups -OCH3 is 1. The number of aromatic nitrogens is 2. The molecule has 20 heavy (non-hydrogen) atoms. The maximum atomic E-state index is 5.88. The minimum absolute atomic E-state index is 0.357. The van der Waals surface area contributed by atoms with Crippen molar-refractivity contribution in [3.05, 3.63) is 42.0 Å². The minimum atomic E-state index is 0.357. The molecule has 2 aromatic rings. The van der Waals surface area contributed by atoms with Gasteiger partial charge in [-0.15, -0.1) is 0 Å². The van der Waals surface area contributed by atoms with Crippen molar-refractivity contribution in [1.29, 1.82) is 0 Å². The molecule has 0 fully saturated rings. The lowest BCUT2D eigenvalue weighted by Gasteiger charge is -2.15. The van der Waals surface area contributed by atoms with E-state index in [4.69, 9.17) is 15.2 Å². The van der Waals surface area contributed by atoms with Gasteiger partial charge in [0.1, 0.15) is 18.1 Å². The van der Waals surface area contributed by atoms with E-state index in [0.717, 1.165) is 22.8 Å².